The number of nitrogens with zero attached hydrogens (tertiary/aromatic N) is 1. The SMILES string of the molecule is CCOC(=O)[C@@H]1C[C@@H]1CN(C[C@@H]1COC(C)(C)O1)C(=O)C1(c2ccccc2)CC1. The summed E-state index contributed by atoms with van der Waals surface area (Å²) >= 11 is 0. The van der Waals surface area contributed by atoms with Gasteiger partial charge in [-0.1, -0.05) is 30.3 Å². The first-order valence-corrected chi connectivity index (χ1v) is 10.7. The number of esters is 1. The van der Waals surface area contributed by atoms with E-state index < -0.39 is 11.2 Å². The van der Waals surface area contributed by atoms with Gasteiger partial charge in [0.1, 0.15) is 6.10 Å². The zero-order valence-electron chi connectivity index (χ0n) is 17.6. The third kappa shape index (κ3) is 4.33. The molecule has 0 N–H and O–H groups in total. The van der Waals surface area contributed by atoms with Gasteiger partial charge in [-0.2, -0.15) is 0 Å². The van der Waals surface area contributed by atoms with Crippen LogP contribution in [0.4, 0.5) is 0 Å². The van der Waals surface area contributed by atoms with E-state index in [9.17, 15) is 9.59 Å². The van der Waals surface area contributed by atoms with Crippen LogP contribution in [0.15, 0.2) is 30.3 Å². The molecule has 0 aromatic heterocycles. The van der Waals surface area contributed by atoms with Gasteiger partial charge in [0.15, 0.2) is 5.79 Å². The highest BCUT2D eigenvalue weighted by atomic mass is 16.7. The molecule has 6 heteroatoms. The summed E-state index contributed by atoms with van der Waals surface area (Å²) in [5, 5.41) is 0. The van der Waals surface area contributed by atoms with Gasteiger partial charge >= 0.3 is 5.97 Å². The molecule has 0 bridgehead atoms. The smallest absolute Gasteiger partial charge is 0.309 e. The lowest BCUT2D eigenvalue weighted by atomic mass is 9.94. The number of hydrogen-bond acceptors (Lipinski definition) is 5. The Balaban J connectivity index is 1.48. The number of ether oxygens (including phenoxy) is 3. The second-order valence-corrected chi connectivity index (χ2v) is 8.96. The molecule has 1 amide bonds. The minimum absolute atomic E-state index is 0.0886. The van der Waals surface area contributed by atoms with Crippen LogP contribution in [0.1, 0.15) is 45.6 Å². The Morgan fingerprint density at radius 3 is 2.48 bits per heavy atom. The number of carbonyl (C=O) groups excluding carboxylic acids is 2. The predicted octanol–water partition coefficient (Wildman–Crippen LogP) is 2.90. The molecule has 158 valence electrons. The highest BCUT2D eigenvalue weighted by Crippen LogP contribution is 2.50. The monoisotopic (exact) mass is 401 g/mol. The van der Waals surface area contributed by atoms with E-state index in [4.69, 9.17) is 14.2 Å². The molecule has 4 rings (SSSR count). The molecule has 0 spiro atoms. The van der Waals surface area contributed by atoms with Gasteiger partial charge in [0, 0.05) is 13.1 Å². The zero-order chi connectivity index (χ0) is 20.6. The topological polar surface area (TPSA) is 65.1 Å². The Morgan fingerprint density at radius 2 is 1.90 bits per heavy atom. The van der Waals surface area contributed by atoms with Crippen LogP contribution in [0.25, 0.3) is 0 Å². The Kier molecular flexibility index (Phi) is 5.42. The summed E-state index contributed by atoms with van der Waals surface area (Å²) in [7, 11) is 0. The lowest BCUT2D eigenvalue weighted by Gasteiger charge is -2.30. The molecule has 2 saturated carbocycles. The van der Waals surface area contributed by atoms with Gasteiger partial charge in [0.25, 0.3) is 0 Å². The Morgan fingerprint density at radius 1 is 1.17 bits per heavy atom. The molecule has 3 fully saturated rings. The molecule has 2 aliphatic carbocycles. The van der Waals surface area contributed by atoms with Crippen molar-refractivity contribution in [3.8, 4) is 0 Å². The number of amides is 1. The Hall–Kier alpha value is -1.92. The molecule has 3 atom stereocenters. The molecule has 6 nitrogen and oxygen atoms in total. The van der Waals surface area contributed by atoms with Crippen molar-refractivity contribution in [3.63, 3.8) is 0 Å². The first-order valence-electron chi connectivity index (χ1n) is 10.7. The van der Waals surface area contributed by atoms with Crippen molar-refractivity contribution in [2.75, 3.05) is 26.3 Å². The van der Waals surface area contributed by atoms with Crippen molar-refractivity contribution >= 4 is 11.9 Å². The maximum absolute atomic E-state index is 13.7. The maximum Gasteiger partial charge on any atom is 0.309 e. The third-order valence-electron chi connectivity index (χ3n) is 6.23. The van der Waals surface area contributed by atoms with Crippen LogP contribution in [0.3, 0.4) is 0 Å². The van der Waals surface area contributed by atoms with E-state index >= 15 is 0 Å². The number of carbonyl (C=O) groups is 2. The molecule has 0 radical (unpaired) electrons. The van der Waals surface area contributed by atoms with Crippen LogP contribution in [-0.4, -0.2) is 55.0 Å². The van der Waals surface area contributed by atoms with E-state index in [0.717, 1.165) is 24.8 Å². The number of rotatable bonds is 8. The van der Waals surface area contributed by atoms with E-state index in [1.54, 1.807) is 0 Å². The van der Waals surface area contributed by atoms with Crippen LogP contribution in [-0.2, 0) is 29.2 Å². The molecule has 0 unspecified atom stereocenters. The summed E-state index contributed by atoms with van der Waals surface area (Å²) < 4.78 is 16.8. The van der Waals surface area contributed by atoms with Gasteiger partial charge in [-0.25, -0.2) is 0 Å². The van der Waals surface area contributed by atoms with E-state index in [1.807, 2.05) is 56.0 Å². The maximum atomic E-state index is 13.7. The normalized spacial score (nSPS) is 28.6. The van der Waals surface area contributed by atoms with Crippen molar-refractivity contribution in [2.24, 2.45) is 11.8 Å². The van der Waals surface area contributed by atoms with Crippen LogP contribution >= 0.6 is 0 Å². The summed E-state index contributed by atoms with van der Waals surface area (Å²) in [5.41, 5.74) is 0.654. The molecule has 1 aromatic rings. The van der Waals surface area contributed by atoms with Gasteiger partial charge in [-0.15, -0.1) is 0 Å². The Bertz CT molecular complexity index is 758. The van der Waals surface area contributed by atoms with E-state index in [-0.39, 0.29) is 29.8 Å². The molecular weight excluding hydrogens is 370 g/mol. The third-order valence-corrected chi connectivity index (χ3v) is 6.23. The lowest BCUT2D eigenvalue weighted by Crippen LogP contribution is -2.45. The fourth-order valence-corrected chi connectivity index (χ4v) is 4.42. The van der Waals surface area contributed by atoms with Crippen LogP contribution in [0.2, 0.25) is 0 Å². The standard InChI is InChI=1S/C23H31NO5/c1-4-27-20(25)19-12-16(19)13-24(14-18-15-28-22(2,3)29-18)21(26)23(10-11-23)17-8-6-5-7-9-17/h5-9,16,18-19H,4,10-15H2,1-3H3/t16-,18-,19-/m1/s1. The average molecular weight is 402 g/mol. The fraction of sp³-hybridized carbons (Fsp3) is 0.652. The van der Waals surface area contributed by atoms with E-state index in [0.29, 0.717) is 26.3 Å². The molecule has 1 aromatic carbocycles. The Labute approximate surface area is 172 Å². The molecule has 1 aliphatic heterocycles. The van der Waals surface area contributed by atoms with Crippen molar-refractivity contribution in [1.82, 2.24) is 4.90 Å². The number of benzene rings is 1. The van der Waals surface area contributed by atoms with Gasteiger partial charge in [0.05, 0.1) is 24.5 Å². The van der Waals surface area contributed by atoms with Gasteiger partial charge in [0.2, 0.25) is 5.91 Å². The molecule has 3 aliphatic rings. The molecule has 1 heterocycles. The molecule has 1 saturated heterocycles. The lowest BCUT2D eigenvalue weighted by molar-refractivity contribution is -0.148. The predicted molar refractivity (Wildman–Crippen MR) is 107 cm³/mol. The highest BCUT2D eigenvalue weighted by molar-refractivity contribution is 5.91. The summed E-state index contributed by atoms with van der Waals surface area (Å²) in [4.78, 5) is 27.6. The summed E-state index contributed by atoms with van der Waals surface area (Å²) in [5.74, 6) is -0.542. The van der Waals surface area contributed by atoms with Crippen molar-refractivity contribution in [2.45, 2.75) is 57.3 Å². The first kappa shape index (κ1) is 20.4. The van der Waals surface area contributed by atoms with Crippen molar-refractivity contribution in [3.05, 3.63) is 35.9 Å². The first-order chi connectivity index (χ1) is 13.8. The van der Waals surface area contributed by atoms with Crippen molar-refractivity contribution < 1.29 is 23.8 Å². The number of hydrogen-bond donors (Lipinski definition) is 0. The second-order valence-electron chi connectivity index (χ2n) is 8.96. The molecule has 29 heavy (non-hydrogen) atoms. The second kappa shape index (κ2) is 7.73. The average Bonchev–Trinajstić information content (AvgIpc) is 3.60. The quantitative estimate of drug-likeness (QED) is 0.627. The largest absolute Gasteiger partial charge is 0.466 e. The summed E-state index contributed by atoms with van der Waals surface area (Å²) in [6, 6.07) is 10.0. The van der Waals surface area contributed by atoms with E-state index in [1.165, 1.54) is 0 Å². The highest BCUT2D eigenvalue weighted by Gasteiger charge is 2.55. The van der Waals surface area contributed by atoms with Crippen molar-refractivity contribution in [1.29, 1.82) is 0 Å². The van der Waals surface area contributed by atoms with Gasteiger partial charge in [-0.3, -0.25) is 9.59 Å². The zero-order valence-corrected chi connectivity index (χ0v) is 17.6. The van der Waals surface area contributed by atoms with Gasteiger partial charge < -0.3 is 19.1 Å². The minimum atomic E-state index is -0.622. The van der Waals surface area contributed by atoms with Crippen LogP contribution in [0.5, 0.6) is 0 Å². The van der Waals surface area contributed by atoms with E-state index in [2.05, 4.69) is 0 Å². The summed E-state index contributed by atoms with van der Waals surface area (Å²) in [6.45, 7) is 7.53. The molecular formula is C23H31NO5. The fourth-order valence-electron chi connectivity index (χ4n) is 4.42. The summed E-state index contributed by atoms with van der Waals surface area (Å²) in [6.07, 6.45) is 2.37. The van der Waals surface area contributed by atoms with Crippen LogP contribution < -0.4 is 0 Å². The minimum Gasteiger partial charge on any atom is -0.466 e. The van der Waals surface area contributed by atoms with Gasteiger partial charge in [-0.05, 0) is 51.5 Å². The van der Waals surface area contributed by atoms with Crippen LogP contribution in [0, 0.1) is 11.8 Å².